The molecule has 0 radical (unpaired) electrons. The van der Waals surface area contributed by atoms with Crippen LogP contribution < -0.4 is 5.32 Å². The van der Waals surface area contributed by atoms with Gasteiger partial charge >= 0.3 is 0 Å². The first kappa shape index (κ1) is 18.0. The molecule has 0 aromatic heterocycles. The van der Waals surface area contributed by atoms with Crippen molar-refractivity contribution in [3.63, 3.8) is 0 Å². The van der Waals surface area contributed by atoms with Crippen LogP contribution in [0.5, 0.6) is 0 Å². The van der Waals surface area contributed by atoms with E-state index in [0.717, 1.165) is 11.1 Å². The van der Waals surface area contributed by atoms with Crippen LogP contribution in [0.15, 0.2) is 54.6 Å². The third-order valence-corrected chi connectivity index (χ3v) is 3.53. The van der Waals surface area contributed by atoms with Gasteiger partial charge in [0.2, 0.25) is 11.8 Å². The van der Waals surface area contributed by atoms with Crippen molar-refractivity contribution in [2.24, 2.45) is 0 Å². The van der Waals surface area contributed by atoms with Crippen LogP contribution in [0.3, 0.4) is 0 Å². The number of nitrogens with one attached hydrogen (secondary N) is 1. The Labute approximate surface area is 147 Å². The second-order valence-electron chi connectivity index (χ2n) is 5.64. The van der Waals surface area contributed by atoms with Gasteiger partial charge in [-0.2, -0.15) is 5.26 Å². The topological polar surface area (TPSA) is 73.2 Å². The zero-order valence-electron chi connectivity index (χ0n) is 14.2. The van der Waals surface area contributed by atoms with E-state index in [0.29, 0.717) is 17.8 Å². The Morgan fingerprint density at radius 2 is 1.76 bits per heavy atom. The molecule has 2 rings (SSSR count). The van der Waals surface area contributed by atoms with E-state index >= 15 is 0 Å². The van der Waals surface area contributed by atoms with Gasteiger partial charge in [-0.1, -0.05) is 24.3 Å². The van der Waals surface area contributed by atoms with Crippen molar-refractivity contribution in [3.05, 3.63) is 71.3 Å². The van der Waals surface area contributed by atoms with E-state index < -0.39 is 0 Å². The molecule has 0 atom stereocenters. The number of nitriles is 1. The first-order valence-corrected chi connectivity index (χ1v) is 7.78. The number of hydrogen-bond acceptors (Lipinski definition) is 3. The van der Waals surface area contributed by atoms with E-state index in [4.69, 9.17) is 5.26 Å². The quantitative estimate of drug-likeness (QED) is 0.854. The van der Waals surface area contributed by atoms with Gasteiger partial charge in [0.15, 0.2) is 0 Å². The molecule has 126 valence electrons. The summed E-state index contributed by atoms with van der Waals surface area (Å²) >= 11 is 0. The average molecular weight is 333 g/mol. The molecule has 0 saturated heterocycles. The van der Waals surface area contributed by atoms with Crippen LogP contribution in [0.2, 0.25) is 0 Å². The normalized spacial score (nSPS) is 10.3. The van der Waals surface area contributed by atoms with E-state index in [1.165, 1.54) is 13.0 Å². The van der Waals surface area contributed by atoms with Crippen LogP contribution in [0, 0.1) is 11.3 Å². The van der Waals surface area contributed by atoms with Crippen molar-refractivity contribution in [1.29, 1.82) is 5.26 Å². The van der Waals surface area contributed by atoms with Crippen LogP contribution in [0.4, 0.5) is 5.69 Å². The minimum Gasteiger partial charge on any atom is -0.338 e. The molecule has 2 aromatic rings. The lowest BCUT2D eigenvalue weighted by Crippen LogP contribution is -2.24. The predicted octanol–water partition coefficient (Wildman–Crippen LogP) is 3.19. The SMILES string of the molecule is CC(=O)Nc1ccc(/C=C/C(=O)N(C)Cc2ccc(C#N)cc2)cc1. The Morgan fingerprint density at radius 1 is 1.12 bits per heavy atom. The fraction of sp³-hybridized carbons (Fsp3) is 0.150. The van der Waals surface area contributed by atoms with Crippen LogP contribution in [0.25, 0.3) is 6.08 Å². The number of benzene rings is 2. The fourth-order valence-corrected chi connectivity index (χ4v) is 2.21. The molecule has 0 unspecified atom stereocenters. The van der Waals surface area contributed by atoms with E-state index in [2.05, 4.69) is 11.4 Å². The predicted molar refractivity (Wildman–Crippen MR) is 97.4 cm³/mol. The molecule has 25 heavy (non-hydrogen) atoms. The standard InChI is InChI=1S/C20H19N3O2/c1-15(24)22-19-10-7-16(8-11-19)9-12-20(25)23(2)14-18-5-3-17(13-21)4-6-18/h3-12H,14H2,1-2H3,(H,22,24)/b12-9+. The molecule has 0 aliphatic heterocycles. The second-order valence-corrected chi connectivity index (χ2v) is 5.64. The first-order valence-electron chi connectivity index (χ1n) is 7.78. The van der Waals surface area contributed by atoms with Crippen molar-refractivity contribution >= 4 is 23.6 Å². The molecule has 0 saturated carbocycles. The summed E-state index contributed by atoms with van der Waals surface area (Å²) in [6.45, 7) is 1.92. The molecule has 2 amide bonds. The maximum atomic E-state index is 12.2. The molecule has 1 N–H and O–H groups in total. The second kappa shape index (κ2) is 8.46. The van der Waals surface area contributed by atoms with Gasteiger partial charge in [0, 0.05) is 32.3 Å². The van der Waals surface area contributed by atoms with Gasteiger partial charge < -0.3 is 10.2 Å². The maximum Gasteiger partial charge on any atom is 0.246 e. The number of amides is 2. The smallest absolute Gasteiger partial charge is 0.246 e. The van der Waals surface area contributed by atoms with Crippen LogP contribution in [-0.2, 0) is 16.1 Å². The number of anilines is 1. The van der Waals surface area contributed by atoms with Crippen molar-refractivity contribution in [3.8, 4) is 6.07 Å². The van der Waals surface area contributed by atoms with Gasteiger partial charge in [-0.25, -0.2) is 0 Å². The number of rotatable bonds is 5. The van der Waals surface area contributed by atoms with Gasteiger partial charge in [0.1, 0.15) is 0 Å². The lowest BCUT2D eigenvalue weighted by atomic mass is 10.1. The summed E-state index contributed by atoms with van der Waals surface area (Å²) < 4.78 is 0. The van der Waals surface area contributed by atoms with E-state index in [1.54, 1.807) is 42.3 Å². The molecule has 5 nitrogen and oxygen atoms in total. The summed E-state index contributed by atoms with van der Waals surface area (Å²) in [6, 6.07) is 16.4. The Balaban J connectivity index is 1.94. The van der Waals surface area contributed by atoms with Gasteiger partial charge in [-0.15, -0.1) is 0 Å². The highest BCUT2D eigenvalue weighted by atomic mass is 16.2. The van der Waals surface area contributed by atoms with E-state index in [1.807, 2.05) is 24.3 Å². The highest BCUT2D eigenvalue weighted by Gasteiger charge is 2.06. The molecule has 0 fully saturated rings. The van der Waals surface area contributed by atoms with Gasteiger partial charge in [-0.3, -0.25) is 9.59 Å². The molecule has 0 heterocycles. The molecule has 0 spiro atoms. The van der Waals surface area contributed by atoms with Gasteiger partial charge in [0.05, 0.1) is 11.6 Å². The molecule has 0 aliphatic rings. The largest absolute Gasteiger partial charge is 0.338 e. The first-order chi connectivity index (χ1) is 12.0. The summed E-state index contributed by atoms with van der Waals surface area (Å²) in [7, 11) is 1.73. The molecule has 0 aliphatic carbocycles. The lowest BCUT2D eigenvalue weighted by Gasteiger charge is -2.15. The Morgan fingerprint density at radius 3 is 2.32 bits per heavy atom. The van der Waals surface area contributed by atoms with Crippen LogP contribution in [-0.4, -0.2) is 23.8 Å². The van der Waals surface area contributed by atoms with E-state index in [9.17, 15) is 9.59 Å². The Bertz CT molecular complexity index is 816. The third kappa shape index (κ3) is 5.63. The minimum atomic E-state index is -0.122. The molecule has 2 aromatic carbocycles. The highest BCUT2D eigenvalue weighted by molar-refractivity contribution is 5.92. The van der Waals surface area contributed by atoms with Gasteiger partial charge in [0.25, 0.3) is 0 Å². The molecular formula is C20H19N3O2. The average Bonchev–Trinajstić information content (AvgIpc) is 2.61. The highest BCUT2D eigenvalue weighted by Crippen LogP contribution is 2.11. The minimum absolute atomic E-state index is 0.115. The summed E-state index contributed by atoms with van der Waals surface area (Å²) in [6.07, 6.45) is 3.24. The monoisotopic (exact) mass is 333 g/mol. The Kier molecular flexibility index (Phi) is 6.08. The third-order valence-electron chi connectivity index (χ3n) is 3.53. The fourth-order valence-electron chi connectivity index (χ4n) is 2.21. The lowest BCUT2D eigenvalue weighted by molar-refractivity contribution is -0.125. The van der Waals surface area contributed by atoms with Crippen molar-refractivity contribution < 1.29 is 9.59 Å². The molecule has 0 bridgehead atoms. The zero-order valence-corrected chi connectivity index (χ0v) is 14.2. The summed E-state index contributed by atoms with van der Waals surface area (Å²) in [4.78, 5) is 24.8. The van der Waals surface area contributed by atoms with Crippen molar-refractivity contribution in [1.82, 2.24) is 4.90 Å². The van der Waals surface area contributed by atoms with Crippen molar-refractivity contribution in [2.45, 2.75) is 13.5 Å². The van der Waals surface area contributed by atoms with Crippen molar-refractivity contribution in [2.75, 3.05) is 12.4 Å². The molecular weight excluding hydrogens is 314 g/mol. The van der Waals surface area contributed by atoms with Crippen LogP contribution >= 0.6 is 0 Å². The number of carbonyl (C=O) groups excluding carboxylic acids is 2. The zero-order chi connectivity index (χ0) is 18.2. The maximum absolute atomic E-state index is 12.2. The number of likely N-dealkylation sites (N-methyl/N-ethyl adjacent to an activating group) is 1. The number of carbonyl (C=O) groups is 2. The summed E-state index contributed by atoms with van der Waals surface area (Å²) in [5.74, 6) is -0.238. The Hall–Kier alpha value is -3.39. The van der Waals surface area contributed by atoms with E-state index in [-0.39, 0.29) is 11.8 Å². The van der Waals surface area contributed by atoms with Gasteiger partial charge in [-0.05, 0) is 41.5 Å². The number of nitrogens with zero attached hydrogens (tertiary/aromatic N) is 2. The summed E-state index contributed by atoms with van der Waals surface area (Å²) in [5, 5.41) is 11.5. The van der Waals surface area contributed by atoms with Crippen LogP contribution in [0.1, 0.15) is 23.6 Å². The summed E-state index contributed by atoms with van der Waals surface area (Å²) in [5.41, 5.74) is 3.14. The molecule has 5 heteroatoms. The number of hydrogen-bond donors (Lipinski definition) is 1.